The fourth-order valence-electron chi connectivity index (χ4n) is 1.51. The Kier molecular flexibility index (Phi) is 5.27. The Balaban J connectivity index is 2.52. The van der Waals surface area contributed by atoms with Gasteiger partial charge in [0.25, 0.3) is 0 Å². The maximum Gasteiger partial charge on any atom is 0.306 e. The van der Waals surface area contributed by atoms with Crippen LogP contribution in [-0.2, 0) is 9.53 Å². The van der Waals surface area contributed by atoms with E-state index < -0.39 is 0 Å². The van der Waals surface area contributed by atoms with Crippen LogP contribution in [0.3, 0.4) is 0 Å². The Morgan fingerprint density at radius 3 is 2.88 bits per heavy atom. The lowest BCUT2D eigenvalue weighted by Gasteiger charge is -2.03. The molecule has 1 aromatic rings. The maximum absolute atomic E-state index is 11.1. The van der Waals surface area contributed by atoms with Crippen molar-refractivity contribution in [3.63, 3.8) is 0 Å². The lowest BCUT2D eigenvalue weighted by molar-refractivity contribution is -0.142. The van der Waals surface area contributed by atoms with Crippen LogP contribution in [0.2, 0.25) is 0 Å². The van der Waals surface area contributed by atoms with E-state index in [2.05, 4.69) is 0 Å². The molecule has 0 atom stereocenters. The molecule has 0 unspecified atom stereocenters. The summed E-state index contributed by atoms with van der Waals surface area (Å²) in [5, 5.41) is 9.34. The molecule has 0 saturated carbocycles. The molecule has 0 aliphatic carbocycles. The summed E-state index contributed by atoms with van der Waals surface area (Å²) in [6.07, 6.45) is 3.02. The van der Waals surface area contributed by atoms with Crippen LogP contribution >= 0.6 is 0 Å². The second-order valence-electron chi connectivity index (χ2n) is 3.78. The zero-order valence-corrected chi connectivity index (χ0v) is 10.3. The quantitative estimate of drug-likeness (QED) is 0.796. The first-order valence-electron chi connectivity index (χ1n) is 5.75. The molecule has 3 nitrogen and oxygen atoms in total. The molecule has 0 aromatic heterocycles. The minimum absolute atomic E-state index is 0.174. The number of carbonyl (C=O) groups is 1. The van der Waals surface area contributed by atoms with Crippen molar-refractivity contribution < 1.29 is 14.6 Å². The van der Waals surface area contributed by atoms with Gasteiger partial charge in [-0.05, 0) is 43.5 Å². The van der Waals surface area contributed by atoms with E-state index in [-0.39, 0.29) is 11.7 Å². The number of carbonyl (C=O) groups excluding carboxylic acids is 1. The lowest BCUT2D eigenvalue weighted by Crippen LogP contribution is -2.02. The van der Waals surface area contributed by atoms with Gasteiger partial charge in [0.15, 0.2) is 0 Å². The van der Waals surface area contributed by atoms with Gasteiger partial charge in [-0.1, -0.05) is 18.2 Å². The average Bonchev–Trinajstić information content (AvgIpc) is 2.29. The van der Waals surface area contributed by atoms with E-state index in [4.69, 9.17) is 4.74 Å². The SMILES string of the molecule is CCOC(=O)CCC=C(C)c1cccc(O)c1. The van der Waals surface area contributed by atoms with Crippen molar-refractivity contribution >= 4 is 11.5 Å². The largest absolute Gasteiger partial charge is 0.508 e. The van der Waals surface area contributed by atoms with Gasteiger partial charge in [0.2, 0.25) is 0 Å². The summed E-state index contributed by atoms with van der Waals surface area (Å²) in [5.74, 6) is 0.0769. The van der Waals surface area contributed by atoms with Crippen molar-refractivity contribution in [1.82, 2.24) is 0 Å². The molecular formula is C14H18O3. The molecule has 1 rings (SSSR count). The first kappa shape index (κ1) is 13.3. The number of rotatable bonds is 5. The van der Waals surface area contributed by atoms with Crippen molar-refractivity contribution in [2.24, 2.45) is 0 Å². The molecule has 0 heterocycles. The average molecular weight is 234 g/mol. The monoisotopic (exact) mass is 234 g/mol. The van der Waals surface area contributed by atoms with Crippen LogP contribution in [0.1, 0.15) is 32.3 Å². The predicted octanol–water partition coefficient (Wildman–Crippen LogP) is 3.14. The zero-order valence-electron chi connectivity index (χ0n) is 10.3. The highest BCUT2D eigenvalue weighted by atomic mass is 16.5. The molecule has 0 spiro atoms. The molecule has 17 heavy (non-hydrogen) atoms. The molecule has 0 radical (unpaired) electrons. The van der Waals surface area contributed by atoms with Gasteiger partial charge in [0, 0.05) is 6.42 Å². The summed E-state index contributed by atoms with van der Waals surface area (Å²) in [4.78, 5) is 11.1. The zero-order chi connectivity index (χ0) is 12.7. The van der Waals surface area contributed by atoms with Crippen molar-refractivity contribution in [3.05, 3.63) is 35.9 Å². The number of phenolic OH excluding ortho intramolecular Hbond substituents is 1. The van der Waals surface area contributed by atoms with Crippen molar-refractivity contribution in [2.45, 2.75) is 26.7 Å². The Morgan fingerprint density at radius 2 is 2.24 bits per heavy atom. The van der Waals surface area contributed by atoms with E-state index in [1.165, 1.54) is 0 Å². The number of hydrogen-bond acceptors (Lipinski definition) is 3. The van der Waals surface area contributed by atoms with E-state index in [0.29, 0.717) is 19.4 Å². The summed E-state index contributed by atoms with van der Waals surface area (Å²) in [6.45, 7) is 4.18. The van der Waals surface area contributed by atoms with Crippen LogP contribution in [-0.4, -0.2) is 17.7 Å². The molecule has 92 valence electrons. The van der Waals surface area contributed by atoms with Gasteiger partial charge in [-0.15, -0.1) is 0 Å². The third kappa shape index (κ3) is 4.72. The molecule has 0 bridgehead atoms. The molecule has 1 N–H and O–H groups in total. The first-order valence-corrected chi connectivity index (χ1v) is 5.75. The Morgan fingerprint density at radius 1 is 1.47 bits per heavy atom. The van der Waals surface area contributed by atoms with Gasteiger partial charge in [-0.25, -0.2) is 0 Å². The number of hydrogen-bond donors (Lipinski definition) is 1. The highest BCUT2D eigenvalue weighted by molar-refractivity contribution is 5.70. The smallest absolute Gasteiger partial charge is 0.306 e. The number of benzene rings is 1. The van der Waals surface area contributed by atoms with Gasteiger partial charge >= 0.3 is 5.97 Å². The van der Waals surface area contributed by atoms with Crippen molar-refractivity contribution in [1.29, 1.82) is 0 Å². The predicted molar refractivity (Wildman–Crippen MR) is 67.6 cm³/mol. The topological polar surface area (TPSA) is 46.5 Å². The fourth-order valence-corrected chi connectivity index (χ4v) is 1.51. The summed E-state index contributed by atoms with van der Waals surface area (Å²) < 4.78 is 4.84. The summed E-state index contributed by atoms with van der Waals surface area (Å²) in [7, 11) is 0. The molecule has 0 saturated heterocycles. The normalized spacial score (nSPS) is 11.3. The first-order chi connectivity index (χ1) is 8.13. The highest BCUT2D eigenvalue weighted by Crippen LogP contribution is 2.19. The molecule has 1 aromatic carbocycles. The van der Waals surface area contributed by atoms with Gasteiger partial charge in [-0.2, -0.15) is 0 Å². The van der Waals surface area contributed by atoms with Crippen LogP contribution in [0.5, 0.6) is 5.75 Å². The summed E-state index contributed by atoms with van der Waals surface area (Å²) in [6, 6.07) is 7.06. The van der Waals surface area contributed by atoms with Crippen LogP contribution in [0, 0.1) is 0 Å². The minimum Gasteiger partial charge on any atom is -0.508 e. The third-order valence-corrected chi connectivity index (χ3v) is 2.41. The van der Waals surface area contributed by atoms with Gasteiger partial charge < -0.3 is 9.84 Å². The maximum atomic E-state index is 11.1. The Labute approximate surface area is 102 Å². The number of esters is 1. The molecule has 0 aliphatic rings. The molecule has 3 heteroatoms. The van der Waals surface area contributed by atoms with E-state index in [9.17, 15) is 9.90 Å². The van der Waals surface area contributed by atoms with Crippen molar-refractivity contribution in [3.8, 4) is 5.75 Å². The van der Waals surface area contributed by atoms with Gasteiger partial charge in [0.05, 0.1) is 6.61 Å². The fraction of sp³-hybridized carbons (Fsp3) is 0.357. The lowest BCUT2D eigenvalue weighted by atomic mass is 10.1. The number of allylic oxidation sites excluding steroid dienone is 2. The molecule has 0 aliphatic heterocycles. The van der Waals surface area contributed by atoms with Gasteiger partial charge in [-0.3, -0.25) is 4.79 Å². The van der Waals surface area contributed by atoms with E-state index in [0.717, 1.165) is 11.1 Å². The van der Waals surface area contributed by atoms with Crippen molar-refractivity contribution in [2.75, 3.05) is 6.61 Å². The number of phenols is 1. The van der Waals surface area contributed by atoms with Crippen LogP contribution in [0.25, 0.3) is 5.57 Å². The second-order valence-corrected chi connectivity index (χ2v) is 3.78. The standard InChI is InChI=1S/C14H18O3/c1-3-17-14(16)9-4-6-11(2)12-7-5-8-13(15)10-12/h5-8,10,15H,3-4,9H2,1-2H3. The molecule has 0 fully saturated rings. The summed E-state index contributed by atoms with van der Waals surface area (Å²) in [5.41, 5.74) is 2.01. The van der Waals surface area contributed by atoms with E-state index >= 15 is 0 Å². The molecule has 0 amide bonds. The number of ether oxygens (including phenoxy) is 1. The Hall–Kier alpha value is -1.77. The third-order valence-electron chi connectivity index (χ3n) is 2.41. The van der Waals surface area contributed by atoms with Crippen LogP contribution in [0.15, 0.2) is 30.3 Å². The highest BCUT2D eigenvalue weighted by Gasteiger charge is 2.00. The van der Waals surface area contributed by atoms with Gasteiger partial charge in [0.1, 0.15) is 5.75 Å². The molecular weight excluding hydrogens is 216 g/mol. The van der Waals surface area contributed by atoms with Crippen LogP contribution in [0.4, 0.5) is 0 Å². The van der Waals surface area contributed by atoms with E-state index in [1.807, 2.05) is 19.1 Å². The minimum atomic E-state index is -0.174. The number of aromatic hydroxyl groups is 1. The Bertz CT molecular complexity index is 408. The van der Waals surface area contributed by atoms with E-state index in [1.54, 1.807) is 25.1 Å². The second kappa shape index (κ2) is 6.74. The summed E-state index contributed by atoms with van der Waals surface area (Å²) >= 11 is 0. The van der Waals surface area contributed by atoms with Crippen LogP contribution < -0.4 is 0 Å².